The minimum absolute atomic E-state index is 0.305. The van der Waals surface area contributed by atoms with Crippen LogP contribution >= 0.6 is 0 Å². The number of ether oxygens (including phenoxy) is 2. The molecule has 1 N–H and O–H groups in total. The molecule has 0 saturated carbocycles. The Labute approximate surface area is 76.4 Å². The van der Waals surface area contributed by atoms with Gasteiger partial charge in [-0.3, -0.25) is 0 Å². The summed E-state index contributed by atoms with van der Waals surface area (Å²) in [6.45, 7) is 0.919. The molecule has 1 heterocycles. The summed E-state index contributed by atoms with van der Waals surface area (Å²) in [5, 5.41) is 0. The van der Waals surface area contributed by atoms with Crippen molar-refractivity contribution >= 4 is 0 Å². The van der Waals surface area contributed by atoms with Crippen molar-refractivity contribution in [1.29, 1.82) is 0 Å². The van der Waals surface area contributed by atoms with Crippen molar-refractivity contribution in [2.45, 2.75) is 6.54 Å². The van der Waals surface area contributed by atoms with Crippen LogP contribution in [0.5, 0.6) is 11.5 Å². The minimum Gasteiger partial charge on any atom is -0.454 e. The zero-order chi connectivity index (χ0) is 9.10. The van der Waals surface area contributed by atoms with E-state index < -0.39 is 0 Å². The van der Waals surface area contributed by atoms with Crippen molar-refractivity contribution in [3.8, 4) is 11.5 Å². The van der Waals surface area contributed by atoms with Gasteiger partial charge >= 0.3 is 0 Å². The highest BCUT2D eigenvalue weighted by atomic mass is 16.7. The van der Waals surface area contributed by atoms with Gasteiger partial charge in [0.25, 0.3) is 0 Å². The summed E-state index contributed by atoms with van der Waals surface area (Å²) >= 11 is 0. The number of hydrogen-bond donors (Lipinski definition) is 1. The van der Waals surface area contributed by atoms with Crippen molar-refractivity contribution in [3.05, 3.63) is 23.8 Å². The number of benzene rings is 1. The van der Waals surface area contributed by atoms with Crippen LogP contribution in [0.1, 0.15) is 5.56 Å². The minimum atomic E-state index is 0.305. The van der Waals surface area contributed by atoms with E-state index in [2.05, 4.69) is 5.48 Å². The normalized spacial score (nSPS) is 13.3. The van der Waals surface area contributed by atoms with Gasteiger partial charge in [-0.2, -0.15) is 5.48 Å². The van der Waals surface area contributed by atoms with E-state index in [1.807, 2.05) is 18.2 Å². The topological polar surface area (TPSA) is 39.7 Å². The monoisotopic (exact) mass is 181 g/mol. The van der Waals surface area contributed by atoms with Crippen LogP contribution in [-0.4, -0.2) is 13.9 Å². The molecule has 0 spiro atoms. The van der Waals surface area contributed by atoms with Crippen LogP contribution in [0.2, 0.25) is 0 Å². The lowest BCUT2D eigenvalue weighted by molar-refractivity contribution is 0.0858. The zero-order valence-electron chi connectivity index (χ0n) is 7.37. The molecule has 0 fully saturated rings. The maximum Gasteiger partial charge on any atom is 0.231 e. The average molecular weight is 181 g/mol. The molecule has 4 nitrogen and oxygen atoms in total. The predicted molar refractivity (Wildman–Crippen MR) is 46.4 cm³/mol. The summed E-state index contributed by atoms with van der Waals surface area (Å²) in [6, 6.07) is 5.79. The van der Waals surface area contributed by atoms with E-state index in [1.54, 1.807) is 7.11 Å². The third-order valence-electron chi connectivity index (χ3n) is 1.89. The Hall–Kier alpha value is -1.26. The molecule has 0 aromatic heterocycles. The van der Waals surface area contributed by atoms with Crippen molar-refractivity contribution in [3.63, 3.8) is 0 Å². The Balaban J connectivity index is 2.20. The Morgan fingerprint density at radius 2 is 2.38 bits per heavy atom. The van der Waals surface area contributed by atoms with E-state index in [9.17, 15) is 0 Å². The molecular weight excluding hydrogens is 170 g/mol. The molecule has 1 aromatic carbocycles. The first-order valence-corrected chi connectivity index (χ1v) is 4.05. The molecular formula is C9H11NO3. The lowest BCUT2D eigenvalue weighted by Gasteiger charge is -2.05. The maximum absolute atomic E-state index is 5.31. The third-order valence-corrected chi connectivity index (χ3v) is 1.89. The Morgan fingerprint density at radius 1 is 1.46 bits per heavy atom. The smallest absolute Gasteiger partial charge is 0.231 e. The van der Waals surface area contributed by atoms with Gasteiger partial charge in [-0.25, -0.2) is 0 Å². The Morgan fingerprint density at radius 3 is 3.23 bits per heavy atom. The molecule has 0 saturated heterocycles. The summed E-state index contributed by atoms with van der Waals surface area (Å²) in [5.74, 6) is 1.61. The first-order chi connectivity index (χ1) is 6.42. The molecule has 0 bridgehead atoms. The van der Waals surface area contributed by atoms with Crippen LogP contribution in [0.25, 0.3) is 0 Å². The van der Waals surface area contributed by atoms with Crippen LogP contribution < -0.4 is 15.0 Å². The number of fused-ring (bicyclic) bond motifs is 1. The van der Waals surface area contributed by atoms with Gasteiger partial charge in [-0.15, -0.1) is 0 Å². The summed E-state index contributed by atoms with van der Waals surface area (Å²) in [4.78, 5) is 4.76. The lowest BCUT2D eigenvalue weighted by Crippen LogP contribution is -2.11. The van der Waals surface area contributed by atoms with Crippen LogP contribution in [0.4, 0.5) is 0 Å². The summed E-state index contributed by atoms with van der Waals surface area (Å²) in [5.41, 5.74) is 3.80. The molecule has 2 rings (SSSR count). The van der Waals surface area contributed by atoms with Crippen LogP contribution in [-0.2, 0) is 11.4 Å². The molecule has 1 aliphatic heterocycles. The molecule has 70 valence electrons. The zero-order valence-corrected chi connectivity index (χ0v) is 7.37. The van der Waals surface area contributed by atoms with Gasteiger partial charge in [0.05, 0.1) is 7.11 Å². The fourth-order valence-corrected chi connectivity index (χ4v) is 1.28. The van der Waals surface area contributed by atoms with Crippen LogP contribution in [0, 0.1) is 0 Å². The first-order valence-electron chi connectivity index (χ1n) is 4.05. The van der Waals surface area contributed by atoms with E-state index in [1.165, 1.54) is 0 Å². The molecule has 0 radical (unpaired) electrons. The van der Waals surface area contributed by atoms with Gasteiger partial charge in [0.1, 0.15) is 0 Å². The maximum atomic E-state index is 5.31. The molecule has 1 aromatic rings. The number of para-hydroxylation sites is 1. The standard InChI is InChI=1S/C9H11NO3/c1-11-10-5-7-3-2-4-8-9(7)13-6-12-8/h2-4,10H,5-6H2,1H3. The van der Waals surface area contributed by atoms with E-state index in [-0.39, 0.29) is 0 Å². The SMILES string of the molecule is CONCc1cccc2c1OCO2. The summed E-state index contributed by atoms with van der Waals surface area (Å²) < 4.78 is 10.5. The summed E-state index contributed by atoms with van der Waals surface area (Å²) in [6.07, 6.45) is 0. The second-order valence-corrected chi connectivity index (χ2v) is 2.68. The van der Waals surface area contributed by atoms with E-state index in [4.69, 9.17) is 14.3 Å². The second-order valence-electron chi connectivity index (χ2n) is 2.68. The van der Waals surface area contributed by atoms with Gasteiger partial charge in [0, 0.05) is 12.1 Å². The van der Waals surface area contributed by atoms with Gasteiger partial charge in [0.15, 0.2) is 11.5 Å². The largest absolute Gasteiger partial charge is 0.454 e. The van der Waals surface area contributed by atoms with Gasteiger partial charge in [-0.1, -0.05) is 12.1 Å². The number of hydrogen-bond acceptors (Lipinski definition) is 4. The van der Waals surface area contributed by atoms with E-state index in [0.29, 0.717) is 13.3 Å². The van der Waals surface area contributed by atoms with Crippen LogP contribution in [0.3, 0.4) is 0 Å². The van der Waals surface area contributed by atoms with Crippen molar-refractivity contribution in [2.24, 2.45) is 0 Å². The van der Waals surface area contributed by atoms with Gasteiger partial charge in [0.2, 0.25) is 6.79 Å². The number of rotatable bonds is 3. The van der Waals surface area contributed by atoms with Crippen molar-refractivity contribution in [2.75, 3.05) is 13.9 Å². The van der Waals surface area contributed by atoms with Gasteiger partial charge < -0.3 is 14.3 Å². The Kier molecular flexibility index (Phi) is 2.33. The predicted octanol–water partition coefficient (Wildman–Crippen LogP) is 1.07. The fraction of sp³-hybridized carbons (Fsp3) is 0.333. The second kappa shape index (κ2) is 3.64. The first kappa shape index (κ1) is 8.34. The molecule has 13 heavy (non-hydrogen) atoms. The Bertz CT molecular complexity index is 301. The molecule has 0 aliphatic carbocycles. The molecule has 4 heteroatoms. The van der Waals surface area contributed by atoms with Crippen molar-refractivity contribution in [1.82, 2.24) is 5.48 Å². The highest BCUT2D eigenvalue weighted by Crippen LogP contribution is 2.34. The quantitative estimate of drug-likeness (QED) is 0.708. The third kappa shape index (κ3) is 1.59. The van der Waals surface area contributed by atoms with Crippen LogP contribution in [0.15, 0.2) is 18.2 Å². The highest BCUT2D eigenvalue weighted by Gasteiger charge is 2.16. The molecule has 1 aliphatic rings. The molecule has 0 amide bonds. The fourth-order valence-electron chi connectivity index (χ4n) is 1.28. The number of nitrogens with one attached hydrogen (secondary N) is 1. The highest BCUT2D eigenvalue weighted by molar-refractivity contribution is 5.47. The summed E-state index contributed by atoms with van der Waals surface area (Å²) in [7, 11) is 1.58. The lowest BCUT2D eigenvalue weighted by atomic mass is 10.2. The number of hydroxylamine groups is 1. The molecule has 0 atom stereocenters. The van der Waals surface area contributed by atoms with E-state index in [0.717, 1.165) is 17.1 Å². The average Bonchev–Trinajstić information content (AvgIpc) is 2.62. The van der Waals surface area contributed by atoms with Gasteiger partial charge in [-0.05, 0) is 6.07 Å². The molecule has 0 unspecified atom stereocenters. The van der Waals surface area contributed by atoms with Crippen molar-refractivity contribution < 1.29 is 14.3 Å². The van der Waals surface area contributed by atoms with E-state index >= 15 is 0 Å².